The van der Waals surface area contributed by atoms with Gasteiger partial charge in [-0.05, 0) is 42.2 Å². The number of halogens is 1. The molecular formula is C26H27ClN3O5S+. The van der Waals surface area contributed by atoms with Crippen molar-refractivity contribution < 1.29 is 27.3 Å². The van der Waals surface area contributed by atoms with Crippen molar-refractivity contribution in [3.05, 3.63) is 76.6 Å². The Hall–Kier alpha value is -3.43. The number of imide groups is 1. The molecule has 3 aromatic rings. The number of hydrogen-bond acceptors (Lipinski definition) is 5. The lowest BCUT2D eigenvalue weighted by Gasteiger charge is -2.19. The molecule has 0 saturated carbocycles. The van der Waals surface area contributed by atoms with Crippen molar-refractivity contribution in [2.24, 2.45) is 7.05 Å². The molecule has 4 rings (SSSR count). The normalized spacial score (nSPS) is 13.7. The van der Waals surface area contributed by atoms with E-state index in [0.29, 0.717) is 12.4 Å². The minimum atomic E-state index is -4.05. The van der Waals surface area contributed by atoms with E-state index in [-0.39, 0.29) is 37.8 Å². The summed E-state index contributed by atoms with van der Waals surface area (Å²) in [5.74, 6) is -0.865. The highest BCUT2D eigenvalue weighted by molar-refractivity contribution is 7.92. The first-order chi connectivity index (χ1) is 16.8. The first kappa shape index (κ1) is 25.7. The average Bonchev–Trinajstić information content (AvgIpc) is 3.06. The number of aromatic nitrogens is 1. The maximum atomic E-state index is 13.5. The van der Waals surface area contributed by atoms with Gasteiger partial charge in [-0.3, -0.25) is 14.3 Å². The van der Waals surface area contributed by atoms with Gasteiger partial charge in [0, 0.05) is 6.07 Å². The van der Waals surface area contributed by atoms with Crippen LogP contribution in [0.2, 0.25) is 5.02 Å². The number of sulfonamides is 1. The molecule has 0 unspecified atom stereocenters. The zero-order chi connectivity index (χ0) is 26.4. The van der Waals surface area contributed by atoms with Gasteiger partial charge in [0.25, 0.3) is 21.8 Å². The van der Waals surface area contributed by atoms with Crippen LogP contribution < -0.4 is 18.9 Å². The Morgan fingerprint density at radius 1 is 1.00 bits per heavy atom. The van der Waals surface area contributed by atoms with Crippen molar-refractivity contribution in [3.63, 3.8) is 0 Å². The molecule has 1 aromatic heterocycles. The molecule has 0 atom stereocenters. The fraction of sp³-hybridized carbons (Fsp3) is 0.269. The number of carbonyl (C=O) groups excluding carboxylic acids is 2. The van der Waals surface area contributed by atoms with E-state index in [1.54, 1.807) is 42.2 Å². The molecule has 8 nitrogen and oxygen atoms in total. The molecule has 1 aliphatic heterocycles. The third-order valence-electron chi connectivity index (χ3n) is 5.79. The van der Waals surface area contributed by atoms with Crippen LogP contribution in [-0.2, 0) is 22.5 Å². The standard InChI is InChI=1S/C26H26ClN3O5S/c1-6-35-18-13-17(14-29(5)15-18)30-24(31)22-20(27)11-12-21(23(22)25(30)32)28-36(33,34)19-9-7-16(8-10-19)26(2,3)4/h7-15H,6H2,1-5H3/p+1. The van der Waals surface area contributed by atoms with Crippen molar-refractivity contribution >= 4 is 44.8 Å². The van der Waals surface area contributed by atoms with Crippen LogP contribution >= 0.6 is 11.6 Å². The van der Waals surface area contributed by atoms with Crippen molar-refractivity contribution in [2.75, 3.05) is 16.2 Å². The number of anilines is 2. The van der Waals surface area contributed by atoms with Crippen LogP contribution in [-0.4, -0.2) is 26.8 Å². The Morgan fingerprint density at radius 2 is 1.64 bits per heavy atom. The molecule has 0 spiro atoms. The minimum absolute atomic E-state index is 0.0273. The first-order valence-electron chi connectivity index (χ1n) is 11.3. The van der Waals surface area contributed by atoms with Gasteiger partial charge < -0.3 is 4.74 Å². The lowest BCUT2D eigenvalue weighted by molar-refractivity contribution is -0.671. The Labute approximate surface area is 215 Å². The van der Waals surface area contributed by atoms with Gasteiger partial charge in [-0.2, -0.15) is 0 Å². The van der Waals surface area contributed by atoms with E-state index in [4.69, 9.17) is 16.3 Å². The lowest BCUT2D eigenvalue weighted by atomic mass is 9.87. The third-order valence-corrected chi connectivity index (χ3v) is 7.49. The topological polar surface area (TPSA) is 96.7 Å². The summed E-state index contributed by atoms with van der Waals surface area (Å²) in [5, 5.41) is 0.0497. The molecule has 0 radical (unpaired) electrons. The number of fused-ring (bicyclic) bond motifs is 1. The highest BCUT2D eigenvalue weighted by Gasteiger charge is 2.42. The van der Waals surface area contributed by atoms with Crippen LogP contribution in [0.15, 0.2) is 59.8 Å². The molecule has 1 aliphatic rings. The molecule has 2 heterocycles. The number of rotatable bonds is 6. The van der Waals surface area contributed by atoms with Crippen molar-refractivity contribution in [1.29, 1.82) is 0 Å². The molecule has 36 heavy (non-hydrogen) atoms. The van der Waals surface area contributed by atoms with Gasteiger partial charge in [0.05, 0.1) is 33.3 Å². The number of amides is 2. The summed E-state index contributed by atoms with van der Waals surface area (Å²) in [6, 6.07) is 10.9. The molecule has 2 amide bonds. The smallest absolute Gasteiger partial charge is 0.268 e. The van der Waals surface area contributed by atoms with Gasteiger partial charge in [-0.25, -0.2) is 17.9 Å². The van der Waals surface area contributed by atoms with Crippen molar-refractivity contribution in [1.82, 2.24) is 0 Å². The number of pyridine rings is 1. The van der Waals surface area contributed by atoms with Crippen LogP contribution in [0.3, 0.4) is 0 Å². The monoisotopic (exact) mass is 528 g/mol. The van der Waals surface area contributed by atoms with Crippen LogP contribution in [0.1, 0.15) is 54.0 Å². The second kappa shape index (κ2) is 9.22. The maximum absolute atomic E-state index is 13.5. The summed E-state index contributed by atoms with van der Waals surface area (Å²) in [4.78, 5) is 27.8. The van der Waals surface area contributed by atoms with E-state index in [9.17, 15) is 18.0 Å². The zero-order valence-corrected chi connectivity index (χ0v) is 22.2. The summed E-state index contributed by atoms with van der Waals surface area (Å²) in [6.45, 7) is 8.32. The largest absolute Gasteiger partial charge is 0.488 e. The second-order valence-corrected chi connectivity index (χ2v) is 11.6. The third kappa shape index (κ3) is 4.68. The summed E-state index contributed by atoms with van der Waals surface area (Å²) in [6.07, 6.45) is 3.31. The van der Waals surface area contributed by atoms with Gasteiger partial charge in [-0.1, -0.05) is 44.5 Å². The van der Waals surface area contributed by atoms with Gasteiger partial charge >= 0.3 is 0 Å². The number of hydrogen-bond donors (Lipinski definition) is 1. The molecule has 10 heteroatoms. The molecule has 0 saturated heterocycles. The van der Waals surface area contributed by atoms with Gasteiger partial charge in [0.1, 0.15) is 12.7 Å². The predicted molar refractivity (Wildman–Crippen MR) is 137 cm³/mol. The predicted octanol–water partition coefficient (Wildman–Crippen LogP) is 4.46. The van der Waals surface area contributed by atoms with Gasteiger partial charge in [-0.15, -0.1) is 0 Å². The van der Waals surface area contributed by atoms with E-state index >= 15 is 0 Å². The summed E-state index contributed by atoms with van der Waals surface area (Å²) < 4.78 is 36.0. The number of ether oxygens (including phenoxy) is 1. The SMILES string of the molecule is CCOc1cc(N2C(=O)c3c(Cl)ccc(NS(=O)(=O)c4ccc(C(C)(C)C)cc4)c3C2=O)c[n+](C)c1. The highest BCUT2D eigenvalue weighted by Crippen LogP contribution is 2.38. The number of aryl methyl sites for hydroxylation is 1. The summed E-state index contributed by atoms with van der Waals surface area (Å²) >= 11 is 6.31. The Balaban J connectivity index is 1.74. The number of carbonyl (C=O) groups is 2. The second-order valence-electron chi connectivity index (χ2n) is 9.50. The molecule has 0 bridgehead atoms. The summed E-state index contributed by atoms with van der Waals surface area (Å²) in [5.41, 5.74) is 0.922. The molecule has 2 aromatic carbocycles. The van der Waals surface area contributed by atoms with Crippen LogP contribution in [0.5, 0.6) is 5.75 Å². The van der Waals surface area contributed by atoms with E-state index < -0.39 is 21.8 Å². The van der Waals surface area contributed by atoms with E-state index in [1.165, 1.54) is 24.3 Å². The molecule has 1 N–H and O–H groups in total. The fourth-order valence-corrected chi connectivity index (χ4v) is 5.33. The Kier molecular flexibility index (Phi) is 6.57. The van der Waals surface area contributed by atoms with Gasteiger partial charge in [0.2, 0.25) is 6.20 Å². The molecule has 188 valence electrons. The fourth-order valence-electron chi connectivity index (χ4n) is 4.02. The van der Waals surface area contributed by atoms with Gasteiger partial charge in [0.15, 0.2) is 11.9 Å². The molecule has 0 fully saturated rings. The van der Waals surface area contributed by atoms with Crippen LogP contribution in [0.25, 0.3) is 0 Å². The highest BCUT2D eigenvalue weighted by atomic mass is 35.5. The molecular weight excluding hydrogens is 502 g/mol. The molecule has 0 aliphatic carbocycles. The number of nitrogens with one attached hydrogen (secondary N) is 1. The Bertz CT molecular complexity index is 1480. The zero-order valence-electron chi connectivity index (χ0n) is 20.6. The number of nitrogens with zero attached hydrogens (tertiary/aromatic N) is 2. The van der Waals surface area contributed by atoms with E-state index in [0.717, 1.165) is 10.5 Å². The summed E-state index contributed by atoms with van der Waals surface area (Å²) in [7, 11) is -2.32. The first-order valence-corrected chi connectivity index (χ1v) is 13.2. The Morgan fingerprint density at radius 3 is 2.25 bits per heavy atom. The van der Waals surface area contributed by atoms with Crippen LogP contribution in [0, 0.1) is 0 Å². The van der Waals surface area contributed by atoms with E-state index in [2.05, 4.69) is 4.72 Å². The number of benzene rings is 2. The minimum Gasteiger partial charge on any atom is -0.488 e. The lowest BCUT2D eigenvalue weighted by Crippen LogP contribution is -2.34. The van der Waals surface area contributed by atoms with Crippen LogP contribution in [0.4, 0.5) is 11.4 Å². The average molecular weight is 529 g/mol. The van der Waals surface area contributed by atoms with E-state index in [1.807, 2.05) is 27.7 Å². The van der Waals surface area contributed by atoms with Crippen molar-refractivity contribution in [3.8, 4) is 5.75 Å². The quantitative estimate of drug-likeness (QED) is 0.376. The van der Waals surface area contributed by atoms with Crippen molar-refractivity contribution in [2.45, 2.75) is 38.0 Å². The maximum Gasteiger partial charge on any atom is 0.268 e.